The molecule has 0 amide bonds. The predicted octanol–water partition coefficient (Wildman–Crippen LogP) is 2.36. The van der Waals surface area contributed by atoms with Crippen molar-refractivity contribution in [3.63, 3.8) is 0 Å². The third-order valence-electron chi connectivity index (χ3n) is 4.76. The second-order valence-electron chi connectivity index (χ2n) is 7.17. The van der Waals surface area contributed by atoms with Crippen LogP contribution in [0.2, 0.25) is 0 Å². The molecule has 1 saturated heterocycles. The second-order valence-corrected chi connectivity index (χ2v) is 7.17. The molecule has 2 rings (SSSR count). The van der Waals surface area contributed by atoms with Crippen LogP contribution in [0.1, 0.15) is 41.5 Å². The van der Waals surface area contributed by atoms with Gasteiger partial charge in [0.2, 0.25) is 0 Å². The quantitative estimate of drug-likeness (QED) is 0.628. The summed E-state index contributed by atoms with van der Waals surface area (Å²) in [5, 5.41) is 3.12. The van der Waals surface area contributed by atoms with Crippen LogP contribution in [0, 0.1) is 0 Å². The number of benzene rings is 1. The first kappa shape index (κ1) is 19.6. The van der Waals surface area contributed by atoms with Gasteiger partial charge in [0, 0.05) is 0 Å². The van der Waals surface area contributed by atoms with E-state index < -0.39 is 24.4 Å². The van der Waals surface area contributed by atoms with E-state index in [1.807, 2.05) is 52.8 Å². The molecule has 1 fully saturated rings. The Morgan fingerprint density at radius 2 is 1.84 bits per heavy atom. The second kappa shape index (κ2) is 7.26. The van der Waals surface area contributed by atoms with Gasteiger partial charge < -0.3 is 24.1 Å². The molecule has 0 radical (unpaired) electrons. The Balaban J connectivity index is 2.26. The molecule has 1 aromatic rings. The average Bonchev–Trinajstić information content (AvgIpc) is 2.76. The highest BCUT2D eigenvalue weighted by Crippen LogP contribution is 2.37. The van der Waals surface area contributed by atoms with Gasteiger partial charge >= 0.3 is 13.1 Å². The zero-order valence-corrected chi connectivity index (χ0v) is 16.1. The molecule has 1 atom stereocenters. The summed E-state index contributed by atoms with van der Waals surface area (Å²) >= 11 is 0. The summed E-state index contributed by atoms with van der Waals surface area (Å²) in [6.45, 7) is 12.2. The highest BCUT2D eigenvalue weighted by Gasteiger charge is 2.51. The largest absolute Gasteiger partial charge is 0.494 e. The number of carbonyl (C=O) groups is 1. The number of rotatable bonds is 6. The fraction of sp³-hybridized carbons (Fsp3) is 0.611. The Bertz CT molecular complexity index is 616. The van der Waals surface area contributed by atoms with Gasteiger partial charge in [0.25, 0.3) is 0 Å². The topological polar surface area (TPSA) is 66.0 Å². The van der Waals surface area contributed by atoms with E-state index in [1.54, 1.807) is 6.92 Å². The number of nitrogens with one attached hydrogen (secondary N) is 1. The Morgan fingerprint density at radius 1 is 1.24 bits per heavy atom. The summed E-state index contributed by atoms with van der Waals surface area (Å²) < 4.78 is 22.7. The molecule has 0 spiro atoms. The van der Waals surface area contributed by atoms with Gasteiger partial charge in [-0.05, 0) is 59.1 Å². The van der Waals surface area contributed by atoms with Gasteiger partial charge in [-0.3, -0.25) is 0 Å². The molecular formula is C18H28BNO5. The smallest absolute Gasteiger partial charge is 0.492 e. The molecule has 1 aromatic carbocycles. The Labute approximate surface area is 150 Å². The van der Waals surface area contributed by atoms with Crippen LogP contribution in [0.4, 0.5) is 5.69 Å². The van der Waals surface area contributed by atoms with Crippen molar-refractivity contribution in [2.75, 3.05) is 19.0 Å². The van der Waals surface area contributed by atoms with Crippen molar-refractivity contribution in [2.24, 2.45) is 0 Å². The number of hydrogen-bond donors (Lipinski definition) is 1. The van der Waals surface area contributed by atoms with Crippen molar-refractivity contribution in [1.29, 1.82) is 0 Å². The first-order valence-corrected chi connectivity index (χ1v) is 8.58. The number of ether oxygens (including phenoxy) is 2. The number of hydrogen-bond acceptors (Lipinski definition) is 6. The van der Waals surface area contributed by atoms with Crippen molar-refractivity contribution in [3.8, 4) is 5.75 Å². The summed E-state index contributed by atoms with van der Waals surface area (Å²) in [7, 11) is 0.905. The highest BCUT2D eigenvalue weighted by atomic mass is 16.7. The van der Waals surface area contributed by atoms with E-state index in [1.165, 1.54) is 7.11 Å². The van der Waals surface area contributed by atoms with E-state index in [2.05, 4.69) is 5.32 Å². The first-order valence-electron chi connectivity index (χ1n) is 8.58. The molecule has 1 N–H and O–H groups in total. The maximum Gasteiger partial charge on any atom is 0.494 e. The number of methoxy groups -OCH3 is 1. The van der Waals surface area contributed by atoms with Crippen LogP contribution < -0.4 is 15.5 Å². The third kappa shape index (κ3) is 4.10. The summed E-state index contributed by atoms with van der Waals surface area (Å²) in [5.41, 5.74) is 0.790. The zero-order valence-electron chi connectivity index (χ0n) is 16.1. The molecule has 1 aliphatic rings. The van der Waals surface area contributed by atoms with Crippen molar-refractivity contribution >= 4 is 24.2 Å². The molecule has 25 heavy (non-hydrogen) atoms. The van der Waals surface area contributed by atoms with Gasteiger partial charge in [-0.1, -0.05) is 6.07 Å². The maximum atomic E-state index is 11.6. The minimum absolute atomic E-state index is 0.336. The van der Waals surface area contributed by atoms with Gasteiger partial charge in [0.05, 0.1) is 30.6 Å². The predicted molar refractivity (Wildman–Crippen MR) is 98.4 cm³/mol. The standard InChI is InChI=1S/C18H28BNO5/c1-8-23-15-11-13(19-24-17(3,4)18(5,6)25-19)9-10-14(15)20-12(2)16(21)22-7/h9-12,20H,8H2,1-7H3. The van der Waals surface area contributed by atoms with Crippen LogP contribution in [-0.2, 0) is 18.8 Å². The average molecular weight is 349 g/mol. The van der Waals surface area contributed by atoms with Crippen molar-refractivity contribution in [2.45, 2.75) is 58.8 Å². The molecule has 138 valence electrons. The molecule has 6 nitrogen and oxygen atoms in total. The summed E-state index contributed by atoms with van der Waals surface area (Å²) in [6.07, 6.45) is 0. The van der Waals surface area contributed by atoms with Crippen molar-refractivity contribution < 1.29 is 23.6 Å². The Hall–Kier alpha value is -1.73. The lowest BCUT2D eigenvalue weighted by Gasteiger charge is -2.32. The number of esters is 1. The fourth-order valence-electron chi connectivity index (χ4n) is 2.53. The Kier molecular flexibility index (Phi) is 5.69. The van der Waals surface area contributed by atoms with Gasteiger partial charge in [-0.25, -0.2) is 4.79 Å². The lowest BCUT2D eigenvalue weighted by Crippen LogP contribution is -2.41. The van der Waals surface area contributed by atoms with Crippen LogP contribution in [0.5, 0.6) is 5.75 Å². The van der Waals surface area contributed by atoms with E-state index in [4.69, 9.17) is 18.8 Å². The molecule has 0 bridgehead atoms. The van der Waals surface area contributed by atoms with Gasteiger partial charge in [0.15, 0.2) is 0 Å². The van der Waals surface area contributed by atoms with Crippen LogP contribution in [0.15, 0.2) is 18.2 Å². The minimum Gasteiger partial charge on any atom is -0.492 e. The van der Waals surface area contributed by atoms with Crippen LogP contribution in [-0.4, -0.2) is 44.0 Å². The highest BCUT2D eigenvalue weighted by molar-refractivity contribution is 6.62. The lowest BCUT2D eigenvalue weighted by molar-refractivity contribution is -0.141. The number of carbonyl (C=O) groups excluding carboxylic acids is 1. The van der Waals surface area contributed by atoms with E-state index in [0.717, 1.165) is 11.2 Å². The SMILES string of the molecule is CCOc1cc(B2OC(C)(C)C(C)(C)O2)ccc1NC(C)C(=O)OC. The van der Waals surface area contributed by atoms with Crippen molar-refractivity contribution in [3.05, 3.63) is 18.2 Å². The maximum absolute atomic E-state index is 11.6. The summed E-state index contributed by atoms with van der Waals surface area (Å²) in [5.74, 6) is 0.308. The third-order valence-corrected chi connectivity index (χ3v) is 4.76. The van der Waals surface area contributed by atoms with Crippen LogP contribution in [0.25, 0.3) is 0 Å². The normalized spacial score (nSPS) is 19.4. The fourth-order valence-corrected chi connectivity index (χ4v) is 2.53. The van der Waals surface area contributed by atoms with Gasteiger partial charge in [-0.15, -0.1) is 0 Å². The summed E-state index contributed by atoms with van der Waals surface area (Å²) in [6, 6.07) is 5.19. The Morgan fingerprint density at radius 3 is 2.36 bits per heavy atom. The van der Waals surface area contributed by atoms with Gasteiger partial charge in [0.1, 0.15) is 11.8 Å². The monoisotopic (exact) mass is 349 g/mol. The van der Waals surface area contributed by atoms with E-state index in [-0.39, 0.29) is 5.97 Å². The van der Waals surface area contributed by atoms with Crippen LogP contribution in [0.3, 0.4) is 0 Å². The molecule has 1 unspecified atom stereocenters. The first-order chi connectivity index (χ1) is 11.6. The van der Waals surface area contributed by atoms with Crippen molar-refractivity contribution in [1.82, 2.24) is 0 Å². The van der Waals surface area contributed by atoms with E-state index in [9.17, 15) is 4.79 Å². The molecule has 0 aliphatic carbocycles. The molecule has 0 aromatic heterocycles. The van der Waals surface area contributed by atoms with E-state index in [0.29, 0.717) is 12.4 Å². The minimum atomic E-state index is -0.480. The zero-order chi connectivity index (χ0) is 18.8. The van der Waals surface area contributed by atoms with Crippen LogP contribution >= 0.6 is 0 Å². The van der Waals surface area contributed by atoms with Gasteiger partial charge in [-0.2, -0.15) is 0 Å². The molecular weight excluding hydrogens is 321 g/mol. The molecule has 1 aliphatic heterocycles. The number of anilines is 1. The van der Waals surface area contributed by atoms with E-state index >= 15 is 0 Å². The summed E-state index contributed by atoms with van der Waals surface area (Å²) in [4.78, 5) is 11.6. The molecule has 1 heterocycles. The molecule has 0 saturated carbocycles. The lowest BCUT2D eigenvalue weighted by atomic mass is 9.79. The molecule has 7 heteroatoms.